The van der Waals surface area contributed by atoms with Crippen LogP contribution in [-0.4, -0.2) is 36.4 Å². The molecule has 2 aromatic carbocycles. The Hall–Kier alpha value is -0.790. The zero-order valence-corrected chi connectivity index (χ0v) is 20.9. The fourth-order valence-corrected chi connectivity index (χ4v) is 3.25. The molecular formula is C22H33Br2ClN2O2. The number of phenolic OH excluding ortho intramolecular Hbond substituents is 2. The molecule has 0 aliphatic carbocycles. The summed E-state index contributed by atoms with van der Waals surface area (Å²) >= 11 is 6.02. The molecule has 0 fully saturated rings. The van der Waals surface area contributed by atoms with Crippen molar-refractivity contribution < 1.29 is 10.2 Å². The summed E-state index contributed by atoms with van der Waals surface area (Å²) in [5.74, 6) is -0.405. The van der Waals surface area contributed by atoms with Crippen molar-refractivity contribution in [2.24, 2.45) is 0 Å². The zero-order valence-electron chi connectivity index (χ0n) is 16.7. The molecule has 0 radical (unpaired) electrons. The van der Waals surface area contributed by atoms with Gasteiger partial charge in [0.15, 0.2) is 11.5 Å². The van der Waals surface area contributed by atoms with Gasteiger partial charge in [0.2, 0.25) is 0 Å². The number of halogens is 3. The Morgan fingerprint density at radius 3 is 1.90 bits per heavy atom. The van der Waals surface area contributed by atoms with Crippen molar-refractivity contribution >= 4 is 45.6 Å². The second-order valence-electron chi connectivity index (χ2n) is 6.81. The lowest BCUT2D eigenvalue weighted by atomic mass is 10.1. The van der Waals surface area contributed by atoms with Crippen LogP contribution in [0.1, 0.15) is 36.8 Å². The average Bonchev–Trinajstić information content (AvgIpc) is 2.69. The van der Waals surface area contributed by atoms with Crippen LogP contribution in [0.25, 0.3) is 0 Å². The van der Waals surface area contributed by atoms with Crippen molar-refractivity contribution in [3.63, 3.8) is 0 Å². The summed E-state index contributed by atoms with van der Waals surface area (Å²) in [5.41, 5.74) is 2.24. The van der Waals surface area contributed by atoms with Crippen LogP contribution in [0.5, 0.6) is 11.5 Å². The van der Waals surface area contributed by atoms with Gasteiger partial charge in [-0.2, -0.15) is 0 Å². The highest BCUT2D eigenvalue weighted by molar-refractivity contribution is 8.93. The van der Waals surface area contributed by atoms with Crippen molar-refractivity contribution in [1.82, 2.24) is 10.6 Å². The van der Waals surface area contributed by atoms with E-state index in [1.165, 1.54) is 37.3 Å². The van der Waals surface area contributed by atoms with Gasteiger partial charge in [0.25, 0.3) is 0 Å². The summed E-state index contributed by atoms with van der Waals surface area (Å²) in [6.45, 7) is 3.93. The maximum absolute atomic E-state index is 9.61. The van der Waals surface area contributed by atoms with Gasteiger partial charge in [-0.15, -0.1) is 34.0 Å². The minimum absolute atomic E-state index is 0. The highest BCUT2D eigenvalue weighted by atomic mass is 79.9. The monoisotopic (exact) mass is 550 g/mol. The summed E-state index contributed by atoms with van der Waals surface area (Å²) in [6.07, 6.45) is 6.69. The molecule has 164 valence electrons. The molecule has 0 amide bonds. The van der Waals surface area contributed by atoms with Crippen molar-refractivity contribution in [1.29, 1.82) is 0 Å². The average molecular weight is 553 g/mol. The first-order valence-electron chi connectivity index (χ1n) is 9.83. The van der Waals surface area contributed by atoms with Crippen LogP contribution < -0.4 is 10.6 Å². The van der Waals surface area contributed by atoms with E-state index in [0.29, 0.717) is 0 Å². The highest BCUT2D eigenvalue weighted by Gasteiger charge is 2.09. The van der Waals surface area contributed by atoms with E-state index in [1.54, 1.807) is 6.07 Å². The lowest BCUT2D eigenvalue weighted by Gasteiger charge is -2.09. The van der Waals surface area contributed by atoms with Gasteiger partial charge in [-0.05, 0) is 69.1 Å². The molecule has 0 aromatic heterocycles. The fraction of sp³-hybridized carbons (Fsp3) is 0.455. The first kappa shape index (κ1) is 28.2. The Balaban J connectivity index is 0.00000392. The summed E-state index contributed by atoms with van der Waals surface area (Å²) in [7, 11) is 0. The Labute approximate surface area is 200 Å². The molecule has 29 heavy (non-hydrogen) atoms. The molecule has 0 heterocycles. The summed E-state index contributed by atoms with van der Waals surface area (Å²) in [6, 6.07) is 13.8. The minimum Gasteiger partial charge on any atom is -0.504 e. The van der Waals surface area contributed by atoms with Crippen LogP contribution in [-0.2, 0) is 12.8 Å². The van der Waals surface area contributed by atoms with Crippen LogP contribution >= 0.6 is 45.6 Å². The molecule has 0 spiro atoms. The van der Waals surface area contributed by atoms with E-state index >= 15 is 0 Å². The number of aromatic hydroxyl groups is 2. The standard InChI is InChI=1S/C22H31ClN2O2.2BrH/c23-21-19(10-11-20(26)22(21)27)13-17-25-15-7-2-1-6-14-24-16-12-18-8-4-3-5-9-18;;/h3-5,8-11,24-27H,1-2,6-7,12-17H2;2*1H. The zero-order chi connectivity index (χ0) is 19.3. The molecule has 0 unspecified atom stereocenters. The van der Waals surface area contributed by atoms with Crippen molar-refractivity contribution in [3.8, 4) is 11.5 Å². The highest BCUT2D eigenvalue weighted by Crippen LogP contribution is 2.35. The lowest BCUT2D eigenvalue weighted by Crippen LogP contribution is -2.19. The molecule has 0 aliphatic heterocycles. The number of hydrogen-bond acceptors (Lipinski definition) is 4. The smallest absolute Gasteiger partial charge is 0.176 e. The van der Waals surface area contributed by atoms with Crippen LogP contribution in [0.2, 0.25) is 5.02 Å². The van der Waals surface area contributed by atoms with Gasteiger partial charge in [-0.3, -0.25) is 0 Å². The Morgan fingerprint density at radius 2 is 1.28 bits per heavy atom. The van der Waals surface area contributed by atoms with Crippen LogP contribution in [0.4, 0.5) is 0 Å². The first-order chi connectivity index (χ1) is 13.2. The number of benzene rings is 2. The third kappa shape index (κ3) is 11.2. The second kappa shape index (κ2) is 16.9. The number of rotatable bonds is 13. The topological polar surface area (TPSA) is 64.5 Å². The molecule has 0 bridgehead atoms. The molecule has 0 atom stereocenters. The van der Waals surface area contributed by atoms with E-state index in [-0.39, 0.29) is 50.5 Å². The second-order valence-corrected chi connectivity index (χ2v) is 7.18. The molecule has 0 aliphatic rings. The van der Waals surface area contributed by atoms with Gasteiger partial charge in [0.05, 0.1) is 5.02 Å². The molecule has 0 saturated carbocycles. The molecule has 2 aromatic rings. The van der Waals surface area contributed by atoms with E-state index in [0.717, 1.165) is 44.6 Å². The number of nitrogens with one attached hydrogen (secondary N) is 2. The van der Waals surface area contributed by atoms with Crippen molar-refractivity contribution in [2.45, 2.75) is 38.5 Å². The van der Waals surface area contributed by atoms with Crippen LogP contribution in [0.15, 0.2) is 42.5 Å². The maximum atomic E-state index is 9.61. The third-order valence-corrected chi connectivity index (χ3v) is 5.06. The minimum atomic E-state index is -0.230. The summed E-state index contributed by atoms with van der Waals surface area (Å²) < 4.78 is 0. The van der Waals surface area contributed by atoms with E-state index in [9.17, 15) is 10.2 Å². The van der Waals surface area contributed by atoms with Crippen molar-refractivity contribution in [3.05, 3.63) is 58.6 Å². The normalized spacial score (nSPS) is 10.2. The predicted octanol–water partition coefficient (Wildman–Crippen LogP) is 5.43. The van der Waals surface area contributed by atoms with E-state index in [1.807, 2.05) is 0 Å². The maximum Gasteiger partial charge on any atom is 0.176 e. The van der Waals surface area contributed by atoms with Crippen LogP contribution in [0, 0.1) is 0 Å². The molecular weight excluding hydrogens is 520 g/mol. The van der Waals surface area contributed by atoms with Crippen molar-refractivity contribution in [2.75, 3.05) is 26.2 Å². The number of phenols is 2. The van der Waals surface area contributed by atoms with Gasteiger partial charge >= 0.3 is 0 Å². The molecule has 2 rings (SSSR count). The summed E-state index contributed by atoms with van der Waals surface area (Å²) in [5, 5.41) is 26.2. The number of hydrogen-bond donors (Lipinski definition) is 4. The van der Waals surface area contributed by atoms with E-state index in [4.69, 9.17) is 11.6 Å². The molecule has 4 N–H and O–H groups in total. The Bertz CT molecular complexity index is 675. The molecule has 4 nitrogen and oxygen atoms in total. The first-order valence-corrected chi connectivity index (χ1v) is 10.2. The summed E-state index contributed by atoms with van der Waals surface area (Å²) in [4.78, 5) is 0. The molecule has 7 heteroatoms. The Kier molecular flexibility index (Phi) is 16.5. The van der Waals surface area contributed by atoms with Gasteiger partial charge in [0, 0.05) is 0 Å². The SMILES string of the molecule is Br.Br.Oc1ccc(CCNCCCCCCNCCc2ccccc2)c(Cl)c1O. The van der Waals surface area contributed by atoms with Gasteiger partial charge in [-0.25, -0.2) is 0 Å². The lowest BCUT2D eigenvalue weighted by molar-refractivity contribution is 0.403. The largest absolute Gasteiger partial charge is 0.504 e. The van der Waals surface area contributed by atoms with Gasteiger partial charge in [-0.1, -0.05) is 60.8 Å². The van der Waals surface area contributed by atoms with Gasteiger partial charge < -0.3 is 20.8 Å². The third-order valence-electron chi connectivity index (χ3n) is 4.64. The van der Waals surface area contributed by atoms with Gasteiger partial charge in [0.1, 0.15) is 0 Å². The van der Waals surface area contributed by atoms with E-state index in [2.05, 4.69) is 41.0 Å². The predicted molar refractivity (Wildman–Crippen MR) is 133 cm³/mol. The fourth-order valence-electron chi connectivity index (χ4n) is 2.99. The quantitative estimate of drug-likeness (QED) is 0.198. The Morgan fingerprint density at radius 1 is 0.690 bits per heavy atom. The van der Waals surface area contributed by atoms with E-state index < -0.39 is 0 Å². The number of unbranched alkanes of at least 4 members (excludes halogenated alkanes) is 3. The molecule has 0 saturated heterocycles. The van der Waals surface area contributed by atoms with Crippen LogP contribution in [0.3, 0.4) is 0 Å².